The number of anilines is 2. The molecule has 0 saturated carbocycles. The monoisotopic (exact) mass is 441 g/mol. The van der Waals surface area contributed by atoms with Crippen LogP contribution >= 0.6 is 11.3 Å². The summed E-state index contributed by atoms with van der Waals surface area (Å²) >= 11 is 1.84. The van der Waals surface area contributed by atoms with E-state index < -0.39 is 0 Å². The van der Waals surface area contributed by atoms with E-state index in [1.54, 1.807) is 0 Å². The van der Waals surface area contributed by atoms with Gasteiger partial charge in [-0.25, -0.2) is 0 Å². The molecule has 0 aliphatic carbocycles. The zero-order valence-electron chi connectivity index (χ0n) is 17.7. The summed E-state index contributed by atoms with van der Waals surface area (Å²) in [6, 6.07) is 38.2. The highest BCUT2D eigenvalue weighted by Crippen LogP contribution is 2.43. The quantitative estimate of drug-likeness (QED) is 0.295. The lowest BCUT2D eigenvalue weighted by molar-refractivity contribution is 0.670. The van der Waals surface area contributed by atoms with Gasteiger partial charge in [-0.2, -0.15) is 0 Å². The Labute approximate surface area is 194 Å². The third kappa shape index (κ3) is 2.86. The van der Waals surface area contributed by atoms with Crippen molar-refractivity contribution in [1.29, 1.82) is 0 Å². The van der Waals surface area contributed by atoms with Gasteiger partial charge in [0.05, 0.1) is 11.1 Å². The molecule has 2 heterocycles. The van der Waals surface area contributed by atoms with Crippen molar-refractivity contribution in [3.05, 3.63) is 109 Å². The fraction of sp³-hybridized carbons (Fsp3) is 0. The van der Waals surface area contributed by atoms with Crippen LogP contribution in [-0.4, -0.2) is 0 Å². The highest BCUT2D eigenvalue weighted by Gasteiger charge is 2.17. The molecule has 0 bridgehead atoms. The molecule has 0 amide bonds. The van der Waals surface area contributed by atoms with Gasteiger partial charge in [-0.05, 0) is 42.0 Å². The Morgan fingerprint density at radius 3 is 2.18 bits per heavy atom. The lowest BCUT2D eigenvalue weighted by atomic mass is 10.0. The molecule has 0 saturated heterocycles. The molecular weight excluding hydrogens is 422 g/mol. The van der Waals surface area contributed by atoms with Gasteiger partial charge < -0.3 is 9.73 Å². The molecule has 0 aliphatic heterocycles. The van der Waals surface area contributed by atoms with E-state index >= 15 is 0 Å². The summed E-state index contributed by atoms with van der Waals surface area (Å²) in [4.78, 5) is 0. The first-order valence-corrected chi connectivity index (χ1v) is 11.9. The number of nitrogens with one attached hydrogen (secondary N) is 1. The average Bonchev–Trinajstić information content (AvgIpc) is 3.44. The Hall–Kier alpha value is -4.08. The molecule has 2 aromatic heterocycles. The molecule has 156 valence electrons. The summed E-state index contributed by atoms with van der Waals surface area (Å²) in [5.74, 6) is 0. The maximum absolute atomic E-state index is 6.42. The number of benzene rings is 5. The minimum Gasteiger partial charge on any atom is -0.455 e. The first kappa shape index (κ1) is 18.5. The molecule has 2 nitrogen and oxygen atoms in total. The van der Waals surface area contributed by atoms with Crippen LogP contribution in [0.2, 0.25) is 0 Å². The van der Waals surface area contributed by atoms with Crippen molar-refractivity contribution in [1.82, 2.24) is 0 Å². The third-order valence-electron chi connectivity index (χ3n) is 6.28. The van der Waals surface area contributed by atoms with Gasteiger partial charge in [0.1, 0.15) is 11.2 Å². The van der Waals surface area contributed by atoms with Crippen LogP contribution < -0.4 is 5.32 Å². The third-order valence-corrected chi connectivity index (χ3v) is 7.42. The van der Waals surface area contributed by atoms with Crippen LogP contribution in [0.4, 0.5) is 11.4 Å². The van der Waals surface area contributed by atoms with Crippen molar-refractivity contribution in [3.8, 4) is 11.1 Å². The first-order valence-electron chi connectivity index (χ1n) is 11.0. The Morgan fingerprint density at radius 1 is 0.545 bits per heavy atom. The summed E-state index contributed by atoms with van der Waals surface area (Å²) in [7, 11) is 0. The fourth-order valence-corrected chi connectivity index (χ4v) is 5.93. The van der Waals surface area contributed by atoms with Crippen molar-refractivity contribution in [2.24, 2.45) is 0 Å². The van der Waals surface area contributed by atoms with Crippen LogP contribution in [0, 0.1) is 0 Å². The van der Waals surface area contributed by atoms with Crippen molar-refractivity contribution in [2.45, 2.75) is 0 Å². The predicted molar refractivity (Wildman–Crippen MR) is 142 cm³/mol. The van der Waals surface area contributed by atoms with Crippen LogP contribution in [0.1, 0.15) is 0 Å². The molecule has 0 atom stereocenters. The zero-order valence-corrected chi connectivity index (χ0v) is 18.5. The molecule has 0 spiro atoms. The smallest absolute Gasteiger partial charge is 0.145 e. The van der Waals surface area contributed by atoms with E-state index in [1.807, 2.05) is 29.5 Å². The number of furan rings is 1. The van der Waals surface area contributed by atoms with Gasteiger partial charge in [-0.3, -0.25) is 0 Å². The van der Waals surface area contributed by atoms with E-state index in [0.29, 0.717) is 0 Å². The SMILES string of the molecule is c1ccc(-c2ccc(Nc3cccc4sc5ccccc5c34)c3c2oc2ccccc23)cc1. The topological polar surface area (TPSA) is 25.2 Å². The number of rotatable bonds is 3. The summed E-state index contributed by atoms with van der Waals surface area (Å²) in [5, 5.41) is 8.56. The number of thiophene rings is 1. The molecule has 0 radical (unpaired) electrons. The van der Waals surface area contributed by atoms with Crippen LogP contribution in [-0.2, 0) is 0 Å². The number of hydrogen-bond acceptors (Lipinski definition) is 3. The second kappa shape index (κ2) is 7.22. The van der Waals surface area contributed by atoms with Crippen molar-refractivity contribution >= 4 is 64.8 Å². The highest BCUT2D eigenvalue weighted by atomic mass is 32.1. The summed E-state index contributed by atoms with van der Waals surface area (Å²) in [5.41, 5.74) is 6.24. The van der Waals surface area contributed by atoms with E-state index in [2.05, 4.69) is 96.3 Å². The predicted octanol–water partition coefficient (Wildman–Crippen LogP) is 9.36. The van der Waals surface area contributed by atoms with Gasteiger partial charge in [0.25, 0.3) is 0 Å². The lowest BCUT2D eigenvalue weighted by Gasteiger charge is -2.12. The normalized spacial score (nSPS) is 11.6. The standard InChI is InChI=1S/C30H19NOS/c1-2-9-19(10-3-1)20-17-18-24(29-21-11-4-6-14-25(21)32-30(20)29)31-23-13-8-16-27-28(23)22-12-5-7-15-26(22)33-27/h1-18,31H. The van der Waals surface area contributed by atoms with Gasteiger partial charge in [0.15, 0.2) is 0 Å². The van der Waals surface area contributed by atoms with E-state index in [0.717, 1.165) is 44.4 Å². The summed E-state index contributed by atoms with van der Waals surface area (Å²) in [6.45, 7) is 0. The highest BCUT2D eigenvalue weighted by molar-refractivity contribution is 7.25. The molecule has 0 aliphatic rings. The Bertz CT molecular complexity index is 1790. The molecule has 33 heavy (non-hydrogen) atoms. The Morgan fingerprint density at radius 2 is 1.27 bits per heavy atom. The number of para-hydroxylation sites is 1. The van der Waals surface area contributed by atoms with Crippen molar-refractivity contribution in [2.75, 3.05) is 5.32 Å². The van der Waals surface area contributed by atoms with Crippen LogP contribution in [0.25, 0.3) is 53.2 Å². The first-order chi connectivity index (χ1) is 16.4. The van der Waals surface area contributed by atoms with Crippen LogP contribution in [0.3, 0.4) is 0 Å². The van der Waals surface area contributed by atoms with E-state index in [4.69, 9.17) is 4.42 Å². The second-order valence-electron chi connectivity index (χ2n) is 8.23. The Balaban J connectivity index is 1.49. The van der Waals surface area contributed by atoms with Gasteiger partial charge >= 0.3 is 0 Å². The van der Waals surface area contributed by atoms with Crippen LogP contribution in [0.15, 0.2) is 114 Å². The largest absolute Gasteiger partial charge is 0.455 e. The fourth-order valence-electron chi connectivity index (χ4n) is 4.80. The number of fused-ring (bicyclic) bond motifs is 6. The second-order valence-corrected chi connectivity index (χ2v) is 9.31. The van der Waals surface area contributed by atoms with Crippen LogP contribution in [0.5, 0.6) is 0 Å². The summed E-state index contributed by atoms with van der Waals surface area (Å²) in [6.07, 6.45) is 0. The average molecular weight is 442 g/mol. The van der Waals surface area contributed by atoms with Crippen molar-refractivity contribution < 1.29 is 4.42 Å². The van der Waals surface area contributed by atoms with Gasteiger partial charge in [-0.15, -0.1) is 11.3 Å². The maximum atomic E-state index is 6.42. The van der Waals surface area contributed by atoms with E-state index in [-0.39, 0.29) is 0 Å². The summed E-state index contributed by atoms with van der Waals surface area (Å²) < 4.78 is 9.01. The Kier molecular flexibility index (Phi) is 4.05. The molecule has 0 unspecified atom stereocenters. The van der Waals surface area contributed by atoms with E-state index in [9.17, 15) is 0 Å². The molecule has 7 rings (SSSR count). The lowest BCUT2D eigenvalue weighted by Crippen LogP contribution is -1.92. The zero-order chi connectivity index (χ0) is 21.8. The van der Waals surface area contributed by atoms with Crippen molar-refractivity contribution in [3.63, 3.8) is 0 Å². The molecule has 1 N–H and O–H groups in total. The molecule has 5 aromatic carbocycles. The maximum Gasteiger partial charge on any atom is 0.145 e. The minimum absolute atomic E-state index is 0.901. The molecule has 7 aromatic rings. The molecular formula is C30H19NOS. The number of hydrogen-bond donors (Lipinski definition) is 1. The van der Waals surface area contributed by atoms with Gasteiger partial charge in [0, 0.05) is 36.8 Å². The minimum atomic E-state index is 0.901. The molecule has 3 heteroatoms. The van der Waals surface area contributed by atoms with Gasteiger partial charge in [0.2, 0.25) is 0 Å². The van der Waals surface area contributed by atoms with Gasteiger partial charge in [-0.1, -0.05) is 72.8 Å². The van der Waals surface area contributed by atoms with E-state index in [1.165, 1.54) is 20.2 Å². The molecule has 0 fully saturated rings.